The van der Waals surface area contributed by atoms with Crippen LogP contribution in [-0.4, -0.2) is 41.4 Å². The molecule has 1 unspecified atom stereocenters. The van der Waals surface area contributed by atoms with Crippen molar-refractivity contribution in [2.24, 2.45) is 5.92 Å². The lowest BCUT2D eigenvalue weighted by atomic mass is 9.87. The molecule has 0 amide bonds. The van der Waals surface area contributed by atoms with Gasteiger partial charge in [0.1, 0.15) is 4.90 Å². The van der Waals surface area contributed by atoms with Gasteiger partial charge in [-0.15, -0.1) is 0 Å². The van der Waals surface area contributed by atoms with Crippen LogP contribution in [0.1, 0.15) is 32.1 Å². The lowest BCUT2D eigenvalue weighted by molar-refractivity contribution is 0.306. The maximum absolute atomic E-state index is 12.6. The number of anilines is 1. The summed E-state index contributed by atoms with van der Waals surface area (Å²) in [4.78, 5) is -0.0491. The van der Waals surface area contributed by atoms with Gasteiger partial charge in [0.2, 0.25) is 20.0 Å². The van der Waals surface area contributed by atoms with E-state index in [1.54, 1.807) is 6.07 Å². The molecule has 134 valence electrons. The molecule has 2 aliphatic rings. The highest BCUT2D eigenvalue weighted by molar-refractivity contribution is 7.90. The summed E-state index contributed by atoms with van der Waals surface area (Å²) in [5.74, 6) is 0.256. The Hall–Kier alpha value is -1.16. The first-order valence-electron chi connectivity index (χ1n) is 8.07. The summed E-state index contributed by atoms with van der Waals surface area (Å²) in [6.07, 6.45) is 5.05. The fourth-order valence-electron chi connectivity index (χ4n) is 3.32. The van der Waals surface area contributed by atoms with E-state index in [2.05, 4.69) is 10.0 Å². The van der Waals surface area contributed by atoms with E-state index in [-0.39, 0.29) is 21.9 Å². The van der Waals surface area contributed by atoms with Crippen LogP contribution in [0.15, 0.2) is 28.0 Å². The second-order valence-corrected chi connectivity index (χ2v) is 10.4. The third kappa shape index (κ3) is 3.17. The van der Waals surface area contributed by atoms with E-state index >= 15 is 0 Å². The number of nitrogens with one attached hydrogen (secondary N) is 2. The Balaban J connectivity index is 1.97. The van der Waals surface area contributed by atoms with Gasteiger partial charge in [-0.3, -0.25) is 0 Å². The minimum atomic E-state index is -3.74. The molecule has 0 saturated heterocycles. The standard InChI is InChI=1S/C15H23N3O4S2/c1-18(2)24(21,22)12-8-9-13-14(10-12)23(19,20)17-15(16-13)11-6-4-3-5-7-11/h8-11,15-17H,3-7H2,1-2H3. The molecule has 0 spiro atoms. The molecule has 1 fully saturated rings. The van der Waals surface area contributed by atoms with Crippen LogP contribution in [0.3, 0.4) is 0 Å². The van der Waals surface area contributed by atoms with E-state index in [9.17, 15) is 16.8 Å². The average molecular weight is 374 g/mol. The van der Waals surface area contributed by atoms with Crippen molar-refractivity contribution in [2.75, 3.05) is 19.4 Å². The van der Waals surface area contributed by atoms with Crippen LogP contribution in [-0.2, 0) is 20.0 Å². The smallest absolute Gasteiger partial charge is 0.244 e. The van der Waals surface area contributed by atoms with Crippen molar-refractivity contribution in [2.45, 2.75) is 48.1 Å². The van der Waals surface area contributed by atoms with Crippen molar-refractivity contribution in [3.63, 3.8) is 0 Å². The summed E-state index contributed by atoms with van der Waals surface area (Å²) < 4.78 is 53.4. The quantitative estimate of drug-likeness (QED) is 0.838. The highest BCUT2D eigenvalue weighted by Gasteiger charge is 2.35. The largest absolute Gasteiger partial charge is 0.368 e. The first-order chi connectivity index (χ1) is 11.2. The van der Waals surface area contributed by atoms with Gasteiger partial charge in [0, 0.05) is 14.1 Å². The third-order valence-corrected chi connectivity index (χ3v) is 8.03. The fraction of sp³-hybridized carbons (Fsp3) is 0.600. The number of hydrogen-bond acceptors (Lipinski definition) is 5. The number of benzene rings is 1. The summed E-state index contributed by atoms with van der Waals surface area (Å²) in [5, 5.41) is 3.23. The van der Waals surface area contributed by atoms with Crippen molar-refractivity contribution < 1.29 is 16.8 Å². The summed E-state index contributed by atoms with van der Waals surface area (Å²) in [5.41, 5.74) is 0.460. The molecule has 1 saturated carbocycles. The third-order valence-electron chi connectivity index (χ3n) is 4.74. The van der Waals surface area contributed by atoms with Gasteiger partial charge in [-0.2, -0.15) is 4.72 Å². The molecule has 1 atom stereocenters. The van der Waals surface area contributed by atoms with Gasteiger partial charge in [-0.25, -0.2) is 21.1 Å². The van der Waals surface area contributed by atoms with E-state index in [0.717, 1.165) is 30.0 Å². The molecule has 3 rings (SSSR count). The van der Waals surface area contributed by atoms with Crippen LogP contribution in [0.4, 0.5) is 5.69 Å². The van der Waals surface area contributed by atoms with Gasteiger partial charge >= 0.3 is 0 Å². The van der Waals surface area contributed by atoms with Gasteiger partial charge in [-0.05, 0) is 37.0 Å². The highest BCUT2D eigenvalue weighted by Crippen LogP contribution is 2.34. The molecule has 1 aliphatic heterocycles. The molecule has 0 radical (unpaired) electrons. The van der Waals surface area contributed by atoms with E-state index in [1.807, 2.05) is 0 Å². The Kier molecular flexibility index (Phi) is 4.63. The summed E-state index contributed by atoms with van der Waals surface area (Å²) in [6.45, 7) is 0. The normalized spacial score (nSPS) is 24.4. The van der Waals surface area contributed by atoms with Crippen LogP contribution >= 0.6 is 0 Å². The topological polar surface area (TPSA) is 95.6 Å². The molecule has 24 heavy (non-hydrogen) atoms. The van der Waals surface area contributed by atoms with Gasteiger partial charge in [0.25, 0.3) is 0 Å². The molecule has 1 aromatic rings. The fourth-order valence-corrected chi connectivity index (χ4v) is 5.74. The number of rotatable bonds is 3. The highest BCUT2D eigenvalue weighted by atomic mass is 32.2. The van der Waals surface area contributed by atoms with E-state index < -0.39 is 20.0 Å². The maximum Gasteiger partial charge on any atom is 0.244 e. The zero-order valence-electron chi connectivity index (χ0n) is 13.8. The predicted octanol–water partition coefficient (Wildman–Crippen LogP) is 1.55. The summed E-state index contributed by atoms with van der Waals surface area (Å²) in [7, 11) is -4.59. The van der Waals surface area contributed by atoms with Crippen molar-refractivity contribution in [3.8, 4) is 0 Å². The monoisotopic (exact) mass is 373 g/mol. The van der Waals surface area contributed by atoms with Crippen LogP contribution in [0.25, 0.3) is 0 Å². The van der Waals surface area contributed by atoms with Gasteiger partial charge < -0.3 is 5.32 Å². The maximum atomic E-state index is 12.6. The Bertz CT molecular complexity index is 828. The van der Waals surface area contributed by atoms with Crippen molar-refractivity contribution in [1.82, 2.24) is 9.03 Å². The molecule has 7 nitrogen and oxygen atoms in total. The zero-order chi connectivity index (χ0) is 17.5. The number of hydrogen-bond donors (Lipinski definition) is 2. The summed E-state index contributed by atoms with van der Waals surface area (Å²) in [6, 6.07) is 4.21. The Labute approximate surface area is 143 Å². The molecule has 1 aliphatic carbocycles. The van der Waals surface area contributed by atoms with Gasteiger partial charge in [-0.1, -0.05) is 19.3 Å². The first-order valence-corrected chi connectivity index (χ1v) is 11.0. The average Bonchev–Trinajstić information content (AvgIpc) is 2.54. The molecule has 1 heterocycles. The molecular weight excluding hydrogens is 350 g/mol. The van der Waals surface area contributed by atoms with Crippen molar-refractivity contribution in [3.05, 3.63) is 18.2 Å². The van der Waals surface area contributed by atoms with Crippen LogP contribution < -0.4 is 10.0 Å². The molecule has 0 aromatic heterocycles. The lowest BCUT2D eigenvalue weighted by Crippen LogP contribution is -2.49. The van der Waals surface area contributed by atoms with Crippen molar-refractivity contribution >= 4 is 25.7 Å². The van der Waals surface area contributed by atoms with E-state index in [1.165, 1.54) is 32.6 Å². The van der Waals surface area contributed by atoms with E-state index in [4.69, 9.17) is 0 Å². The SMILES string of the molecule is CN(C)S(=O)(=O)c1ccc2c(c1)S(=O)(=O)NC(C1CCCCC1)N2. The molecule has 0 bridgehead atoms. The minimum Gasteiger partial charge on any atom is -0.368 e. The zero-order valence-corrected chi connectivity index (χ0v) is 15.5. The second kappa shape index (κ2) is 6.29. The molecule has 9 heteroatoms. The van der Waals surface area contributed by atoms with Gasteiger partial charge in [0.15, 0.2) is 0 Å². The van der Waals surface area contributed by atoms with E-state index in [0.29, 0.717) is 5.69 Å². The van der Waals surface area contributed by atoms with Crippen LogP contribution in [0.5, 0.6) is 0 Å². The first kappa shape index (κ1) is 17.7. The second-order valence-electron chi connectivity index (χ2n) is 6.59. The summed E-state index contributed by atoms with van der Waals surface area (Å²) >= 11 is 0. The number of sulfonamides is 2. The van der Waals surface area contributed by atoms with Crippen molar-refractivity contribution in [1.29, 1.82) is 0 Å². The lowest BCUT2D eigenvalue weighted by Gasteiger charge is -2.35. The molecular formula is C15H23N3O4S2. The van der Waals surface area contributed by atoms with Gasteiger partial charge in [0.05, 0.1) is 16.7 Å². The number of fused-ring (bicyclic) bond motifs is 1. The minimum absolute atomic E-state index is 0.0162. The van der Waals surface area contributed by atoms with Crippen LogP contribution in [0, 0.1) is 5.92 Å². The van der Waals surface area contributed by atoms with Crippen LogP contribution in [0.2, 0.25) is 0 Å². The molecule has 1 aromatic carbocycles. The number of nitrogens with zero attached hydrogens (tertiary/aromatic N) is 1. The predicted molar refractivity (Wildman–Crippen MR) is 91.6 cm³/mol. The Morgan fingerprint density at radius 1 is 1.12 bits per heavy atom. The Morgan fingerprint density at radius 2 is 1.79 bits per heavy atom. The molecule has 2 N–H and O–H groups in total. The Morgan fingerprint density at radius 3 is 2.42 bits per heavy atom.